The van der Waals surface area contributed by atoms with E-state index in [4.69, 9.17) is 28.4 Å². The second-order valence-electron chi connectivity index (χ2n) is 14.4. The van der Waals surface area contributed by atoms with Crippen LogP contribution in [0.5, 0.6) is 0 Å². The van der Waals surface area contributed by atoms with Gasteiger partial charge in [0.05, 0.1) is 55.4 Å². The maximum absolute atomic E-state index is 13.4. The van der Waals surface area contributed by atoms with Gasteiger partial charge in [-0.1, -0.05) is 143 Å². The molecule has 0 aromatic heterocycles. The highest BCUT2D eigenvalue weighted by atomic mass is 32.2. The van der Waals surface area contributed by atoms with E-state index >= 15 is 0 Å². The minimum absolute atomic E-state index is 0.0880. The van der Waals surface area contributed by atoms with Gasteiger partial charge in [-0.3, -0.25) is 0 Å². The summed E-state index contributed by atoms with van der Waals surface area (Å²) in [6.45, 7) is 0. The summed E-state index contributed by atoms with van der Waals surface area (Å²) in [5.41, 5.74) is 12.3. The molecule has 0 N–H and O–H groups in total. The zero-order valence-electron chi connectivity index (χ0n) is 35.3. The minimum Gasteiger partial charge on any atom is -0.465 e. The zero-order valence-corrected chi connectivity index (χ0v) is 40.2. The van der Waals surface area contributed by atoms with E-state index in [0.29, 0.717) is 12.7 Å². The maximum atomic E-state index is 13.4. The number of carbonyl (C=O) groups is 6. The number of benzene rings is 4. The number of rotatable bonds is 6. The maximum Gasteiger partial charge on any atom is 0.346 e. The van der Waals surface area contributed by atoms with Crippen molar-refractivity contribution in [2.45, 2.75) is 0 Å². The van der Waals surface area contributed by atoms with Crippen molar-refractivity contribution in [1.82, 2.24) is 0 Å². The summed E-state index contributed by atoms with van der Waals surface area (Å²) in [6, 6.07) is 23.7. The van der Waals surface area contributed by atoms with E-state index in [1.165, 1.54) is 42.7 Å². The van der Waals surface area contributed by atoms with Gasteiger partial charge < -0.3 is 28.4 Å². The quantitative estimate of drug-likeness (QED) is 0.114. The molecule has 18 heteroatoms. The average molecular weight is 991 g/mol. The van der Waals surface area contributed by atoms with Gasteiger partial charge in [0.1, 0.15) is 29.4 Å². The molecule has 0 atom stereocenters. The van der Waals surface area contributed by atoms with Gasteiger partial charge in [0, 0.05) is 33.4 Å². The molecule has 4 aromatic rings. The molecule has 10 rings (SSSR count). The summed E-state index contributed by atoms with van der Waals surface area (Å²) < 4.78 is 33.0. The number of ether oxygens (including phenoxy) is 6. The molecule has 0 saturated carbocycles. The number of esters is 6. The molecule has 0 saturated heterocycles. The van der Waals surface area contributed by atoms with Crippen molar-refractivity contribution in [2.24, 2.45) is 0 Å². The van der Waals surface area contributed by atoms with Crippen LogP contribution in [0.2, 0.25) is 0 Å². The van der Waals surface area contributed by atoms with E-state index in [9.17, 15) is 28.8 Å². The van der Waals surface area contributed by atoms with Crippen LogP contribution in [0.3, 0.4) is 0 Å². The van der Waals surface area contributed by atoms with E-state index in [1.54, 1.807) is 0 Å². The third-order valence-electron chi connectivity index (χ3n) is 11.3. The Balaban J connectivity index is 1.37. The van der Waals surface area contributed by atoms with E-state index in [1.807, 2.05) is 72.8 Å². The minimum atomic E-state index is -0.690. The summed E-state index contributed by atoms with van der Waals surface area (Å²) in [4.78, 5) is 80.8. The Hall–Kier alpha value is -5.76. The van der Waals surface area contributed by atoms with Gasteiger partial charge in [0.2, 0.25) is 0 Å². The molecule has 0 amide bonds. The molecule has 66 heavy (non-hydrogen) atoms. The molecule has 0 bridgehead atoms. The normalized spacial score (nSPS) is 16.3. The Kier molecular flexibility index (Phi) is 11.5. The summed E-state index contributed by atoms with van der Waals surface area (Å²) >= 11 is 6.78. The highest BCUT2D eigenvalue weighted by molar-refractivity contribution is 8.30. The van der Waals surface area contributed by atoms with Gasteiger partial charge >= 0.3 is 35.8 Å². The third kappa shape index (κ3) is 6.51. The van der Waals surface area contributed by atoms with E-state index in [-0.39, 0.29) is 29.4 Å². The fourth-order valence-electron chi connectivity index (χ4n) is 8.67. The lowest BCUT2D eigenvalue weighted by molar-refractivity contribution is -0.138. The van der Waals surface area contributed by atoms with Crippen molar-refractivity contribution < 1.29 is 57.2 Å². The Labute approximate surface area is 402 Å². The molecule has 3 heterocycles. The number of thioether (sulfide) groups is 6. The Morgan fingerprint density at radius 3 is 0.652 bits per heavy atom. The zero-order chi connectivity index (χ0) is 46.3. The molecule has 0 radical (unpaired) electrons. The SMILES string of the molecule is COC(=O)C1=C(C(=O)OC)SC(=C2c3ccccc3-c3c2c2c(c4c3C(=C3SC(C(=O)OC)=C(C(=O)OC)S3)c3ccccc3-4)C(=C3SC(C(=O)OC)=C(C(=O)OC)S3)c3ccccc3-2)S1. The van der Waals surface area contributed by atoms with Crippen molar-refractivity contribution in [3.05, 3.63) is 148 Å². The van der Waals surface area contributed by atoms with Gasteiger partial charge in [-0.05, 0) is 50.1 Å². The van der Waals surface area contributed by atoms with Crippen LogP contribution in [0.25, 0.3) is 50.1 Å². The van der Waals surface area contributed by atoms with Crippen LogP contribution in [-0.4, -0.2) is 78.5 Å². The number of carbonyl (C=O) groups excluding carboxylic acids is 6. The average Bonchev–Trinajstić information content (AvgIpc) is 4.22. The Morgan fingerprint density at radius 1 is 0.288 bits per heavy atom. The molecule has 4 aromatic carbocycles. The number of hydrogen-bond acceptors (Lipinski definition) is 18. The standard InChI is InChI=1S/C48H30O12S6/c1-55-40(49)34-35(41(50)56-2)62-46(61-34)28-22-16-10-7-13-19(22)25-31(28)26-20-14-8-11-17-23(20)29(47-63-36(42(51)57-3)37(64-47)43(52)58-4)33(26)27-21-15-9-12-18-24(21)30(32(25)27)48-65-38(44(53)59-5)39(66-48)45(54)60-6/h7-18H,1-6H3. The fourth-order valence-corrected chi connectivity index (χ4v) is 16.5. The van der Waals surface area contributed by atoms with Gasteiger partial charge in [-0.2, -0.15) is 0 Å². The summed E-state index contributed by atoms with van der Waals surface area (Å²) in [7, 11) is 7.53. The van der Waals surface area contributed by atoms with Gasteiger partial charge in [-0.25, -0.2) is 28.8 Å². The first kappa shape index (κ1) is 44.1. The second kappa shape index (κ2) is 17.2. The van der Waals surface area contributed by atoms with Crippen LogP contribution < -0.4 is 0 Å². The number of fused-ring (bicyclic) bond motifs is 12. The van der Waals surface area contributed by atoms with Crippen molar-refractivity contribution in [1.29, 1.82) is 0 Å². The Bertz CT molecular complexity index is 2780. The Morgan fingerprint density at radius 2 is 0.470 bits per heavy atom. The fraction of sp³-hybridized carbons (Fsp3) is 0.125. The van der Waals surface area contributed by atoms with Crippen LogP contribution >= 0.6 is 70.6 Å². The lowest BCUT2D eigenvalue weighted by Gasteiger charge is -2.20. The lowest BCUT2D eigenvalue weighted by Crippen LogP contribution is -2.08. The van der Waals surface area contributed by atoms with Crippen molar-refractivity contribution >= 4 is 123 Å². The first-order chi connectivity index (χ1) is 32.0. The van der Waals surface area contributed by atoms with Crippen molar-refractivity contribution in [3.63, 3.8) is 0 Å². The van der Waals surface area contributed by atoms with Gasteiger partial charge in [0.25, 0.3) is 0 Å². The van der Waals surface area contributed by atoms with Crippen LogP contribution in [0, 0.1) is 0 Å². The number of hydrogen-bond donors (Lipinski definition) is 0. The monoisotopic (exact) mass is 990 g/mol. The summed E-state index contributed by atoms with van der Waals surface area (Å²) in [5.74, 6) is -4.14. The first-order valence-electron chi connectivity index (χ1n) is 19.6. The van der Waals surface area contributed by atoms with Crippen LogP contribution in [-0.2, 0) is 57.2 Å². The predicted octanol–water partition coefficient (Wildman–Crippen LogP) is 9.89. The van der Waals surface area contributed by atoms with E-state index in [0.717, 1.165) is 154 Å². The van der Waals surface area contributed by atoms with E-state index in [2.05, 4.69) is 0 Å². The largest absolute Gasteiger partial charge is 0.465 e. The van der Waals surface area contributed by atoms with Crippen LogP contribution in [0.4, 0.5) is 0 Å². The summed E-state index contributed by atoms with van der Waals surface area (Å²) in [6.07, 6.45) is 0. The molecular formula is C48H30O12S6. The van der Waals surface area contributed by atoms with E-state index < -0.39 is 35.8 Å². The molecule has 0 unspecified atom stereocenters. The highest BCUT2D eigenvalue weighted by Gasteiger charge is 2.48. The van der Waals surface area contributed by atoms with Crippen molar-refractivity contribution in [3.8, 4) is 33.4 Å². The molecule has 12 nitrogen and oxygen atoms in total. The molecule has 3 aliphatic heterocycles. The van der Waals surface area contributed by atoms with Gasteiger partial charge in [-0.15, -0.1) is 0 Å². The predicted molar refractivity (Wildman–Crippen MR) is 260 cm³/mol. The summed E-state index contributed by atoms with van der Waals surface area (Å²) in [5, 5.41) is 0. The van der Waals surface area contributed by atoms with Crippen LogP contribution in [0.1, 0.15) is 33.4 Å². The molecule has 3 aliphatic carbocycles. The topological polar surface area (TPSA) is 158 Å². The number of methoxy groups -OCH3 is 6. The lowest BCUT2D eigenvalue weighted by atomic mass is 9.84. The molecule has 6 aliphatic rings. The molecule has 0 fully saturated rings. The molecule has 330 valence electrons. The molecular weight excluding hydrogens is 961 g/mol. The van der Waals surface area contributed by atoms with Crippen molar-refractivity contribution in [2.75, 3.05) is 42.7 Å². The highest BCUT2D eigenvalue weighted by Crippen LogP contribution is 2.70. The molecule has 0 spiro atoms. The third-order valence-corrected chi connectivity index (χ3v) is 18.9. The van der Waals surface area contributed by atoms with Gasteiger partial charge in [0.15, 0.2) is 0 Å². The van der Waals surface area contributed by atoms with Crippen LogP contribution in [0.15, 0.2) is 115 Å². The second-order valence-corrected chi connectivity index (χ2v) is 21.3. The first-order valence-corrected chi connectivity index (χ1v) is 24.5. The smallest absolute Gasteiger partial charge is 0.346 e.